The SMILES string of the molecule is O=C(N[C@H]1CCCc2c1cnn2Cc1ccccc1Cl)c1ccc(F)cc1. The van der Waals surface area contributed by atoms with Crippen LogP contribution in [0.25, 0.3) is 0 Å². The number of carbonyl (C=O) groups is 1. The van der Waals surface area contributed by atoms with Gasteiger partial charge in [0, 0.05) is 21.8 Å². The first-order chi connectivity index (χ1) is 13.1. The molecule has 138 valence electrons. The van der Waals surface area contributed by atoms with Gasteiger partial charge in [0.15, 0.2) is 0 Å². The molecule has 0 saturated heterocycles. The molecule has 1 amide bonds. The van der Waals surface area contributed by atoms with Gasteiger partial charge in [-0.1, -0.05) is 29.8 Å². The van der Waals surface area contributed by atoms with Gasteiger partial charge >= 0.3 is 0 Å². The molecular formula is C21H19ClFN3O. The van der Waals surface area contributed by atoms with E-state index in [0.717, 1.165) is 41.1 Å². The van der Waals surface area contributed by atoms with Gasteiger partial charge in [0.25, 0.3) is 5.91 Å². The molecule has 0 spiro atoms. The van der Waals surface area contributed by atoms with Gasteiger partial charge in [-0.15, -0.1) is 0 Å². The van der Waals surface area contributed by atoms with Crippen molar-refractivity contribution < 1.29 is 9.18 Å². The molecule has 0 unspecified atom stereocenters. The van der Waals surface area contributed by atoms with E-state index < -0.39 is 0 Å². The van der Waals surface area contributed by atoms with Crippen molar-refractivity contribution in [3.8, 4) is 0 Å². The fourth-order valence-electron chi connectivity index (χ4n) is 3.54. The maximum Gasteiger partial charge on any atom is 0.251 e. The van der Waals surface area contributed by atoms with Crippen LogP contribution in [0.1, 0.15) is 46.1 Å². The number of hydrogen-bond donors (Lipinski definition) is 1. The molecule has 0 saturated carbocycles. The van der Waals surface area contributed by atoms with Crippen molar-refractivity contribution in [2.24, 2.45) is 0 Å². The molecule has 4 rings (SSSR count). The van der Waals surface area contributed by atoms with E-state index in [1.54, 1.807) is 0 Å². The second-order valence-corrected chi connectivity index (χ2v) is 7.13. The summed E-state index contributed by atoms with van der Waals surface area (Å²) in [7, 11) is 0. The fraction of sp³-hybridized carbons (Fsp3) is 0.238. The third kappa shape index (κ3) is 3.74. The molecule has 0 bridgehead atoms. The molecule has 1 aliphatic rings. The van der Waals surface area contributed by atoms with Crippen LogP contribution in [-0.4, -0.2) is 15.7 Å². The van der Waals surface area contributed by atoms with Crippen LogP contribution >= 0.6 is 11.6 Å². The first-order valence-electron chi connectivity index (χ1n) is 8.96. The first-order valence-corrected chi connectivity index (χ1v) is 9.34. The largest absolute Gasteiger partial charge is 0.345 e. The monoisotopic (exact) mass is 383 g/mol. The van der Waals surface area contributed by atoms with Crippen molar-refractivity contribution in [1.82, 2.24) is 15.1 Å². The smallest absolute Gasteiger partial charge is 0.251 e. The number of carbonyl (C=O) groups excluding carboxylic acids is 1. The Morgan fingerprint density at radius 3 is 2.78 bits per heavy atom. The molecule has 1 N–H and O–H groups in total. The lowest BCUT2D eigenvalue weighted by molar-refractivity contribution is 0.0932. The van der Waals surface area contributed by atoms with Gasteiger partial charge in [-0.25, -0.2) is 4.39 Å². The fourth-order valence-corrected chi connectivity index (χ4v) is 3.73. The van der Waals surface area contributed by atoms with Gasteiger partial charge in [-0.05, 0) is 55.2 Å². The molecule has 0 fully saturated rings. The number of nitrogens with one attached hydrogen (secondary N) is 1. The van der Waals surface area contributed by atoms with E-state index in [2.05, 4.69) is 10.4 Å². The van der Waals surface area contributed by atoms with Crippen LogP contribution in [0, 0.1) is 5.82 Å². The van der Waals surface area contributed by atoms with Crippen molar-refractivity contribution in [3.63, 3.8) is 0 Å². The summed E-state index contributed by atoms with van der Waals surface area (Å²) >= 11 is 6.28. The molecule has 3 aromatic rings. The van der Waals surface area contributed by atoms with Crippen LogP contribution in [-0.2, 0) is 13.0 Å². The van der Waals surface area contributed by atoms with Crippen LogP contribution in [0.2, 0.25) is 5.02 Å². The molecular weight excluding hydrogens is 365 g/mol. The summed E-state index contributed by atoms with van der Waals surface area (Å²) in [6, 6.07) is 13.2. The van der Waals surface area contributed by atoms with Gasteiger partial charge in [0.05, 0.1) is 18.8 Å². The van der Waals surface area contributed by atoms with E-state index in [1.165, 1.54) is 24.3 Å². The quantitative estimate of drug-likeness (QED) is 0.719. The Morgan fingerprint density at radius 1 is 1.22 bits per heavy atom. The summed E-state index contributed by atoms with van der Waals surface area (Å²) in [4.78, 5) is 12.5. The zero-order chi connectivity index (χ0) is 18.8. The van der Waals surface area contributed by atoms with Crippen molar-refractivity contribution >= 4 is 17.5 Å². The minimum absolute atomic E-state index is 0.0914. The van der Waals surface area contributed by atoms with Gasteiger partial charge in [-0.3, -0.25) is 9.48 Å². The van der Waals surface area contributed by atoms with Gasteiger partial charge in [0.1, 0.15) is 5.82 Å². The number of amides is 1. The lowest BCUT2D eigenvalue weighted by Crippen LogP contribution is -2.31. The van der Waals surface area contributed by atoms with Crippen LogP contribution in [0.4, 0.5) is 4.39 Å². The molecule has 1 aromatic heterocycles. The maximum atomic E-state index is 13.1. The standard InChI is InChI=1S/C21H19ClFN3O/c22-18-5-2-1-4-15(18)13-26-20-7-3-6-19(17(20)12-24-26)25-21(27)14-8-10-16(23)11-9-14/h1-2,4-5,8-12,19H,3,6-7,13H2,(H,25,27)/t19-/m0/s1. The second kappa shape index (κ2) is 7.53. The number of nitrogens with zero attached hydrogens (tertiary/aromatic N) is 2. The minimum atomic E-state index is -0.354. The Balaban J connectivity index is 1.54. The highest BCUT2D eigenvalue weighted by molar-refractivity contribution is 6.31. The Bertz CT molecular complexity index is 968. The lowest BCUT2D eigenvalue weighted by atomic mass is 9.92. The highest BCUT2D eigenvalue weighted by Crippen LogP contribution is 2.30. The molecule has 1 heterocycles. The number of aromatic nitrogens is 2. The Kier molecular flexibility index (Phi) is 4.94. The van der Waals surface area contributed by atoms with Crippen LogP contribution in [0.5, 0.6) is 0 Å². The summed E-state index contributed by atoms with van der Waals surface area (Å²) in [6.45, 7) is 0.605. The Hall–Kier alpha value is -2.66. The number of fused-ring (bicyclic) bond motifs is 1. The van der Waals surface area contributed by atoms with Crippen molar-refractivity contribution in [2.45, 2.75) is 31.8 Å². The zero-order valence-electron chi connectivity index (χ0n) is 14.7. The van der Waals surface area contributed by atoms with Gasteiger partial charge in [0.2, 0.25) is 0 Å². The maximum absolute atomic E-state index is 13.1. The molecule has 1 aliphatic carbocycles. The van der Waals surface area contributed by atoms with E-state index in [0.29, 0.717) is 12.1 Å². The van der Waals surface area contributed by atoms with Gasteiger partial charge in [-0.2, -0.15) is 5.10 Å². The molecule has 27 heavy (non-hydrogen) atoms. The molecule has 6 heteroatoms. The minimum Gasteiger partial charge on any atom is -0.345 e. The average molecular weight is 384 g/mol. The van der Waals surface area contributed by atoms with Crippen LogP contribution in [0.3, 0.4) is 0 Å². The summed E-state index contributed by atoms with van der Waals surface area (Å²) in [6.07, 6.45) is 4.58. The van der Waals surface area contributed by atoms with Gasteiger partial charge < -0.3 is 5.32 Å². The topological polar surface area (TPSA) is 46.9 Å². The third-order valence-electron chi connectivity index (χ3n) is 4.95. The van der Waals surface area contributed by atoms with Crippen molar-refractivity contribution in [3.05, 3.63) is 88.0 Å². The van der Waals surface area contributed by atoms with E-state index in [4.69, 9.17) is 11.6 Å². The highest BCUT2D eigenvalue weighted by Gasteiger charge is 2.26. The van der Waals surface area contributed by atoms with Crippen LogP contribution in [0.15, 0.2) is 54.7 Å². The summed E-state index contributed by atoms with van der Waals surface area (Å²) < 4.78 is 15.0. The van der Waals surface area contributed by atoms with E-state index >= 15 is 0 Å². The van der Waals surface area contributed by atoms with E-state index in [9.17, 15) is 9.18 Å². The normalized spacial score (nSPS) is 16.0. The predicted molar refractivity (Wildman–Crippen MR) is 102 cm³/mol. The average Bonchev–Trinajstić information content (AvgIpc) is 3.08. The summed E-state index contributed by atoms with van der Waals surface area (Å²) in [5.41, 5.74) is 3.64. The second-order valence-electron chi connectivity index (χ2n) is 6.72. The molecule has 1 atom stereocenters. The molecule has 4 nitrogen and oxygen atoms in total. The Morgan fingerprint density at radius 2 is 2.00 bits per heavy atom. The summed E-state index contributed by atoms with van der Waals surface area (Å²) in [5, 5.41) is 8.31. The highest BCUT2D eigenvalue weighted by atomic mass is 35.5. The van der Waals surface area contributed by atoms with Crippen molar-refractivity contribution in [1.29, 1.82) is 0 Å². The number of hydrogen-bond acceptors (Lipinski definition) is 2. The Labute approximate surface area is 162 Å². The lowest BCUT2D eigenvalue weighted by Gasteiger charge is -2.24. The predicted octanol–water partition coefficient (Wildman–Crippen LogP) is 4.53. The molecule has 2 aromatic carbocycles. The number of halogens is 2. The van der Waals surface area contributed by atoms with E-state index in [1.807, 2.05) is 35.1 Å². The first kappa shape index (κ1) is 17.7. The van der Waals surface area contributed by atoms with Crippen LogP contribution < -0.4 is 5.32 Å². The molecule has 0 radical (unpaired) electrons. The molecule has 0 aliphatic heterocycles. The number of benzene rings is 2. The number of rotatable bonds is 4. The zero-order valence-corrected chi connectivity index (χ0v) is 15.4. The van der Waals surface area contributed by atoms with Crippen molar-refractivity contribution in [2.75, 3.05) is 0 Å². The third-order valence-corrected chi connectivity index (χ3v) is 5.32. The summed E-state index contributed by atoms with van der Waals surface area (Å²) in [5.74, 6) is -0.556. The van der Waals surface area contributed by atoms with E-state index in [-0.39, 0.29) is 17.8 Å².